The van der Waals surface area contributed by atoms with Crippen LogP contribution in [0.2, 0.25) is 0 Å². The van der Waals surface area contributed by atoms with Gasteiger partial charge in [-0.2, -0.15) is 4.98 Å². The van der Waals surface area contributed by atoms with Gasteiger partial charge in [-0.05, 0) is 35.7 Å². The number of carbonyl (C=O) groups is 1. The van der Waals surface area contributed by atoms with Gasteiger partial charge in [0, 0.05) is 23.4 Å². The van der Waals surface area contributed by atoms with Crippen LogP contribution in [0, 0.1) is 0 Å². The smallest absolute Gasteiger partial charge is 0.232 e. The third-order valence-electron chi connectivity index (χ3n) is 4.28. The van der Waals surface area contributed by atoms with Crippen molar-refractivity contribution < 1.29 is 14.1 Å². The van der Waals surface area contributed by atoms with Crippen molar-refractivity contribution in [2.45, 2.75) is 18.9 Å². The largest absolute Gasteiger partial charge is 0.497 e. The standard InChI is InChI=1S/C18H17N3O3S/c1-23-14-6-4-12(5-7-14)17-19-18(24-20-17)13-9-16(22)21(10-13)11-15-3-2-8-25-15/h2-8,13H,9-11H2,1H3. The van der Waals surface area contributed by atoms with E-state index in [9.17, 15) is 4.79 Å². The van der Waals surface area contributed by atoms with Crippen LogP contribution in [0.1, 0.15) is 23.1 Å². The number of benzene rings is 1. The highest BCUT2D eigenvalue weighted by atomic mass is 32.1. The van der Waals surface area contributed by atoms with Crippen molar-refractivity contribution in [1.82, 2.24) is 15.0 Å². The fourth-order valence-electron chi connectivity index (χ4n) is 2.94. The summed E-state index contributed by atoms with van der Waals surface area (Å²) in [5.74, 6) is 1.90. The molecule has 1 atom stereocenters. The number of rotatable bonds is 5. The van der Waals surface area contributed by atoms with E-state index in [-0.39, 0.29) is 11.8 Å². The minimum absolute atomic E-state index is 0.0491. The molecule has 1 aliphatic heterocycles. The second-order valence-corrected chi connectivity index (χ2v) is 6.97. The maximum atomic E-state index is 12.3. The Kier molecular flexibility index (Phi) is 4.23. The number of methoxy groups -OCH3 is 1. The third kappa shape index (κ3) is 3.28. The monoisotopic (exact) mass is 355 g/mol. The molecular weight excluding hydrogens is 338 g/mol. The number of nitrogens with zero attached hydrogens (tertiary/aromatic N) is 3. The van der Waals surface area contributed by atoms with E-state index in [1.807, 2.05) is 46.7 Å². The first-order chi connectivity index (χ1) is 12.2. The lowest BCUT2D eigenvalue weighted by atomic mass is 10.1. The van der Waals surface area contributed by atoms with Crippen molar-refractivity contribution >= 4 is 17.2 Å². The van der Waals surface area contributed by atoms with Gasteiger partial charge in [-0.25, -0.2) is 0 Å². The van der Waals surface area contributed by atoms with Gasteiger partial charge in [0.25, 0.3) is 0 Å². The molecule has 0 aliphatic carbocycles. The lowest BCUT2D eigenvalue weighted by Crippen LogP contribution is -2.23. The van der Waals surface area contributed by atoms with Crippen LogP contribution in [0.25, 0.3) is 11.4 Å². The van der Waals surface area contributed by atoms with Crippen molar-refractivity contribution in [3.8, 4) is 17.1 Å². The highest BCUT2D eigenvalue weighted by molar-refractivity contribution is 7.09. The first-order valence-corrected chi connectivity index (χ1v) is 8.89. The highest BCUT2D eigenvalue weighted by Gasteiger charge is 2.34. The van der Waals surface area contributed by atoms with Gasteiger partial charge in [0.2, 0.25) is 17.6 Å². The zero-order valence-corrected chi connectivity index (χ0v) is 14.5. The van der Waals surface area contributed by atoms with Crippen molar-refractivity contribution in [2.24, 2.45) is 0 Å². The molecule has 0 bridgehead atoms. The first-order valence-electron chi connectivity index (χ1n) is 8.01. The molecule has 25 heavy (non-hydrogen) atoms. The molecule has 0 saturated carbocycles. The van der Waals surface area contributed by atoms with Gasteiger partial charge in [-0.3, -0.25) is 4.79 Å². The Bertz CT molecular complexity index is 858. The molecule has 2 aromatic heterocycles. The molecule has 6 nitrogen and oxygen atoms in total. The molecule has 1 saturated heterocycles. The van der Waals surface area contributed by atoms with E-state index in [2.05, 4.69) is 10.1 Å². The van der Waals surface area contributed by atoms with Crippen molar-refractivity contribution in [3.63, 3.8) is 0 Å². The normalized spacial score (nSPS) is 17.2. The van der Waals surface area contributed by atoms with E-state index < -0.39 is 0 Å². The minimum atomic E-state index is -0.0491. The number of ether oxygens (including phenoxy) is 1. The van der Waals surface area contributed by atoms with Gasteiger partial charge in [-0.1, -0.05) is 11.2 Å². The summed E-state index contributed by atoms with van der Waals surface area (Å²) in [4.78, 5) is 19.8. The average Bonchev–Trinajstić information content (AvgIpc) is 3.37. The van der Waals surface area contributed by atoms with Crippen LogP contribution >= 0.6 is 11.3 Å². The van der Waals surface area contributed by atoms with Gasteiger partial charge in [0.15, 0.2) is 0 Å². The molecule has 1 fully saturated rings. The zero-order chi connectivity index (χ0) is 17.2. The number of likely N-dealkylation sites (tertiary alicyclic amines) is 1. The number of amides is 1. The molecule has 3 heterocycles. The number of aromatic nitrogens is 2. The van der Waals surface area contributed by atoms with Crippen LogP contribution in [0.5, 0.6) is 5.75 Å². The lowest BCUT2D eigenvalue weighted by Gasteiger charge is -2.14. The Hall–Kier alpha value is -2.67. The molecule has 1 aromatic carbocycles. The first kappa shape index (κ1) is 15.8. The molecule has 128 valence electrons. The van der Waals surface area contributed by atoms with Gasteiger partial charge < -0.3 is 14.2 Å². The molecule has 0 radical (unpaired) electrons. The maximum Gasteiger partial charge on any atom is 0.232 e. The Balaban J connectivity index is 1.47. The van der Waals surface area contributed by atoms with E-state index in [4.69, 9.17) is 9.26 Å². The Labute approximate surface area is 149 Å². The predicted molar refractivity (Wildman–Crippen MR) is 93.4 cm³/mol. The van der Waals surface area contributed by atoms with Gasteiger partial charge in [0.1, 0.15) is 5.75 Å². The van der Waals surface area contributed by atoms with Crippen LogP contribution in [-0.4, -0.2) is 34.6 Å². The summed E-state index contributed by atoms with van der Waals surface area (Å²) in [6, 6.07) is 11.5. The average molecular weight is 355 g/mol. The predicted octanol–water partition coefficient (Wildman–Crippen LogP) is 3.32. The quantitative estimate of drug-likeness (QED) is 0.702. The second-order valence-electron chi connectivity index (χ2n) is 5.94. The maximum absolute atomic E-state index is 12.3. The third-order valence-corrected chi connectivity index (χ3v) is 5.14. The summed E-state index contributed by atoms with van der Waals surface area (Å²) in [7, 11) is 1.63. The SMILES string of the molecule is COc1ccc(-c2noc(C3CC(=O)N(Cc4cccs4)C3)n2)cc1. The number of hydrogen-bond donors (Lipinski definition) is 0. The van der Waals surface area contributed by atoms with Gasteiger partial charge in [-0.15, -0.1) is 11.3 Å². The number of carbonyl (C=O) groups excluding carboxylic acids is 1. The molecule has 1 aliphatic rings. The van der Waals surface area contributed by atoms with E-state index >= 15 is 0 Å². The molecule has 3 aromatic rings. The fourth-order valence-corrected chi connectivity index (χ4v) is 3.66. The van der Waals surface area contributed by atoms with Crippen LogP contribution in [0.15, 0.2) is 46.3 Å². The number of hydrogen-bond acceptors (Lipinski definition) is 6. The van der Waals surface area contributed by atoms with Crippen LogP contribution in [0.3, 0.4) is 0 Å². The van der Waals surface area contributed by atoms with Crippen molar-refractivity contribution in [1.29, 1.82) is 0 Å². The van der Waals surface area contributed by atoms with E-state index in [1.54, 1.807) is 18.4 Å². The van der Waals surface area contributed by atoms with Crippen molar-refractivity contribution in [3.05, 3.63) is 52.5 Å². The van der Waals surface area contributed by atoms with Crippen LogP contribution < -0.4 is 4.74 Å². The molecule has 7 heteroatoms. The van der Waals surface area contributed by atoms with Crippen LogP contribution in [0.4, 0.5) is 0 Å². The Morgan fingerprint density at radius 1 is 1.32 bits per heavy atom. The highest BCUT2D eigenvalue weighted by Crippen LogP contribution is 2.30. The summed E-state index contributed by atoms with van der Waals surface area (Å²) in [6.07, 6.45) is 0.412. The molecule has 4 rings (SSSR count). The summed E-state index contributed by atoms with van der Waals surface area (Å²) in [5, 5.41) is 6.08. The number of thiophene rings is 1. The molecule has 1 amide bonds. The summed E-state index contributed by atoms with van der Waals surface area (Å²) < 4.78 is 10.6. The molecule has 0 N–H and O–H groups in total. The molecule has 1 unspecified atom stereocenters. The Morgan fingerprint density at radius 3 is 2.88 bits per heavy atom. The fraction of sp³-hybridized carbons (Fsp3) is 0.278. The van der Waals surface area contributed by atoms with E-state index in [0.29, 0.717) is 31.2 Å². The van der Waals surface area contributed by atoms with Crippen molar-refractivity contribution in [2.75, 3.05) is 13.7 Å². The molecule has 0 spiro atoms. The van der Waals surface area contributed by atoms with Gasteiger partial charge in [0.05, 0.1) is 19.6 Å². The minimum Gasteiger partial charge on any atom is -0.497 e. The zero-order valence-electron chi connectivity index (χ0n) is 13.7. The summed E-state index contributed by atoms with van der Waals surface area (Å²) >= 11 is 1.66. The molecular formula is C18H17N3O3S. The van der Waals surface area contributed by atoms with E-state index in [0.717, 1.165) is 11.3 Å². The second kappa shape index (κ2) is 6.68. The van der Waals surface area contributed by atoms with Crippen LogP contribution in [-0.2, 0) is 11.3 Å². The van der Waals surface area contributed by atoms with E-state index in [1.165, 1.54) is 4.88 Å². The lowest BCUT2D eigenvalue weighted by molar-refractivity contribution is -0.128. The summed E-state index contributed by atoms with van der Waals surface area (Å²) in [5.41, 5.74) is 0.857. The van der Waals surface area contributed by atoms with Gasteiger partial charge >= 0.3 is 0 Å². The summed E-state index contributed by atoms with van der Waals surface area (Å²) in [6.45, 7) is 1.26. The Morgan fingerprint density at radius 2 is 2.16 bits per heavy atom. The topological polar surface area (TPSA) is 68.5 Å².